The molecule has 2 aliphatic carbocycles. The van der Waals surface area contributed by atoms with Crippen LogP contribution >= 0.6 is 46.4 Å². The Hall–Kier alpha value is -0.660. The van der Waals surface area contributed by atoms with E-state index in [0.29, 0.717) is 32.9 Å². The Kier molecular flexibility index (Phi) is 5.04. The average molecular weight is 372 g/mol. The van der Waals surface area contributed by atoms with Gasteiger partial charge in [-0.15, -0.1) is 0 Å². The molecule has 1 aromatic rings. The summed E-state index contributed by atoms with van der Waals surface area (Å²) >= 11 is 25.8. The van der Waals surface area contributed by atoms with Crippen LogP contribution in [0.5, 0.6) is 0 Å². The lowest BCUT2D eigenvalue weighted by atomic mass is 9.98. The van der Waals surface area contributed by atoms with Gasteiger partial charge in [-0.3, -0.25) is 0 Å². The van der Waals surface area contributed by atoms with Gasteiger partial charge in [0.1, 0.15) is 0 Å². The van der Waals surface area contributed by atoms with Crippen molar-refractivity contribution in [1.82, 2.24) is 0 Å². The zero-order chi connectivity index (χ0) is 15.7. The van der Waals surface area contributed by atoms with Crippen molar-refractivity contribution < 1.29 is 0 Å². The quantitative estimate of drug-likeness (QED) is 0.389. The van der Waals surface area contributed by atoms with Crippen LogP contribution in [0.15, 0.2) is 47.6 Å². The number of hydrogen-bond acceptors (Lipinski definition) is 0. The maximum atomic E-state index is 6.63. The zero-order valence-electron chi connectivity index (χ0n) is 11.8. The Morgan fingerprint density at radius 2 is 1.09 bits per heavy atom. The zero-order valence-corrected chi connectivity index (χ0v) is 14.8. The summed E-state index contributed by atoms with van der Waals surface area (Å²) < 4.78 is 0. The fourth-order valence-corrected chi connectivity index (χ4v) is 3.95. The normalized spacial score (nSPS) is 16.4. The van der Waals surface area contributed by atoms with Crippen molar-refractivity contribution in [3.63, 3.8) is 0 Å². The van der Waals surface area contributed by atoms with Crippen LogP contribution in [0.4, 0.5) is 0 Å². The summed E-state index contributed by atoms with van der Waals surface area (Å²) in [4.78, 5) is 0. The summed E-state index contributed by atoms with van der Waals surface area (Å²) in [5.41, 5.74) is 4.29. The molecular weight excluding hydrogens is 358 g/mol. The molecule has 0 radical (unpaired) electrons. The molecule has 0 saturated carbocycles. The van der Waals surface area contributed by atoms with Gasteiger partial charge in [0.15, 0.2) is 0 Å². The molecular formula is C18H14Cl4. The minimum absolute atomic E-state index is 0.399. The highest BCUT2D eigenvalue weighted by Crippen LogP contribution is 2.43. The van der Waals surface area contributed by atoms with E-state index < -0.39 is 0 Å². The minimum Gasteiger partial charge on any atom is -0.0836 e. The smallest absolute Gasteiger partial charge is 0.0785 e. The summed E-state index contributed by atoms with van der Waals surface area (Å²) in [6, 6.07) is 0. The lowest BCUT2D eigenvalue weighted by molar-refractivity contribution is 1.05. The number of hydrogen-bond donors (Lipinski definition) is 0. The maximum absolute atomic E-state index is 6.63. The van der Waals surface area contributed by atoms with Crippen LogP contribution < -0.4 is 0 Å². The van der Waals surface area contributed by atoms with Crippen molar-refractivity contribution in [3.8, 4) is 0 Å². The highest BCUT2D eigenvalue weighted by Gasteiger charge is 2.21. The molecule has 0 unspecified atom stereocenters. The van der Waals surface area contributed by atoms with Gasteiger partial charge in [-0.1, -0.05) is 94.0 Å². The second-order valence-corrected chi connectivity index (χ2v) is 6.99. The Bertz CT molecular complexity index is 677. The largest absolute Gasteiger partial charge is 0.0836 e. The van der Waals surface area contributed by atoms with Gasteiger partial charge >= 0.3 is 0 Å². The van der Waals surface area contributed by atoms with E-state index in [0.717, 1.165) is 24.0 Å². The first-order valence-corrected chi connectivity index (χ1v) is 8.62. The van der Waals surface area contributed by atoms with E-state index in [4.69, 9.17) is 46.4 Å². The number of allylic oxidation sites excluding steroid dienone is 8. The highest BCUT2D eigenvalue weighted by atomic mass is 35.5. The standard InChI is InChI=1S/C18H14Cl4/c19-15-13(9-11-5-1-2-6-11)16(20)18(22)17(21)14(15)10-12-7-3-4-8-12/h1-5,7H,6,8-10H2. The third kappa shape index (κ3) is 3.16. The monoisotopic (exact) mass is 370 g/mol. The van der Waals surface area contributed by atoms with Gasteiger partial charge < -0.3 is 0 Å². The summed E-state index contributed by atoms with van der Waals surface area (Å²) in [6.07, 6.45) is 15.8. The van der Waals surface area contributed by atoms with Crippen molar-refractivity contribution >= 4 is 46.4 Å². The third-order valence-electron chi connectivity index (χ3n) is 3.95. The Morgan fingerprint density at radius 1 is 0.636 bits per heavy atom. The van der Waals surface area contributed by atoms with Gasteiger partial charge in [0, 0.05) is 0 Å². The van der Waals surface area contributed by atoms with Crippen LogP contribution in [0, 0.1) is 0 Å². The van der Waals surface area contributed by atoms with Crippen LogP contribution in [0.3, 0.4) is 0 Å². The molecule has 0 fully saturated rings. The average Bonchev–Trinajstić information content (AvgIpc) is 3.19. The summed E-state index contributed by atoms with van der Waals surface area (Å²) in [5.74, 6) is 0. The number of halogens is 4. The Labute approximate surface area is 150 Å². The molecule has 0 spiro atoms. The van der Waals surface area contributed by atoms with Gasteiger partial charge in [-0.25, -0.2) is 0 Å². The van der Waals surface area contributed by atoms with E-state index in [9.17, 15) is 0 Å². The van der Waals surface area contributed by atoms with E-state index in [1.165, 1.54) is 11.1 Å². The van der Waals surface area contributed by atoms with Crippen molar-refractivity contribution in [2.24, 2.45) is 0 Å². The van der Waals surface area contributed by atoms with Gasteiger partial charge in [0.25, 0.3) is 0 Å². The molecule has 0 saturated heterocycles. The molecule has 0 bridgehead atoms. The lowest BCUT2D eigenvalue weighted by Crippen LogP contribution is -2.00. The number of benzene rings is 1. The van der Waals surface area contributed by atoms with E-state index in [-0.39, 0.29) is 0 Å². The highest BCUT2D eigenvalue weighted by molar-refractivity contribution is 6.50. The summed E-state index contributed by atoms with van der Waals surface area (Å²) in [7, 11) is 0. The van der Waals surface area contributed by atoms with Crippen LogP contribution in [0.2, 0.25) is 20.1 Å². The SMILES string of the molecule is Clc1c(Cl)c(CC2=CC=CC2)c(Cl)c(CC2=CC=CC2)c1Cl. The summed E-state index contributed by atoms with van der Waals surface area (Å²) in [5, 5.41) is 1.97. The molecule has 0 aromatic heterocycles. The van der Waals surface area contributed by atoms with Crippen LogP contribution in [-0.4, -0.2) is 0 Å². The molecule has 114 valence electrons. The van der Waals surface area contributed by atoms with E-state index in [2.05, 4.69) is 24.3 Å². The van der Waals surface area contributed by atoms with Crippen LogP contribution in [0.25, 0.3) is 0 Å². The van der Waals surface area contributed by atoms with Gasteiger partial charge in [-0.2, -0.15) is 0 Å². The first kappa shape index (κ1) is 16.2. The number of rotatable bonds is 4. The third-order valence-corrected chi connectivity index (χ3v) is 5.81. The molecule has 0 heterocycles. The Balaban J connectivity index is 1.99. The molecule has 22 heavy (non-hydrogen) atoms. The predicted octanol–water partition coefficient (Wildman–Crippen LogP) is 7.16. The first-order valence-electron chi connectivity index (χ1n) is 7.10. The van der Waals surface area contributed by atoms with Gasteiger partial charge in [0.05, 0.1) is 20.1 Å². The topological polar surface area (TPSA) is 0 Å². The minimum atomic E-state index is 0.399. The van der Waals surface area contributed by atoms with Crippen LogP contribution in [-0.2, 0) is 12.8 Å². The van der Waals surface area contributed by atoms with E-state index in [1.807, 2.05) is 12.2 Å². The van der Waals surface area contributed by atoms with Gasteiger partial charge in [0.2, 0.25) is 0 Å². The fraction of sp³-hybridized carbons (Fsp3) is 0.222. The van der Waals surface area contributed by atoms with Gasteiger partial charge in [-0.05, 0) is 36.8 Å². The fourth-order valence-electron chi connectivity index (χ4n) is 2.75. The molecule has 4 heteroatoms. The molecule has 1 aromatic carbocycles. The predicted molar refractivity (Wildman–Crippen MR) is 97.6 cm³/mol. The Morgan fingerprint density at radius 3 is 1.45 bits per heavy atom. The molecule has 0 nitrogen and oxygen atoms in total. The molecule has 0 amide bonds. The van der Waals surface area contributed by atoms with Crippen molar-refractivity contribution in [2.75, 3.05) is 0 Å². The molecule has 0 atom stereocenters. The van der Waals surface area contributed by atoms with Crippen molar-refractivity contribution in [3.05, 3.63) is 78.8 Å². The molecule has 3 rings (SSSR count). The van der Waals surface area contributed by atoms with Crippen molar-refractivity contribution in [1.29, 1.82) is 0 Å². The van der Waals surface area contributed by atoms with Crippen molar-refractivity contribution in [2.45, 2.75) is 25.7 Å². The second kappa shape index (κ2) is 6.84. The maximum Gasteiger partial charge on any atom is 0.0785 e. The summed E-state index contributed by atoms with van der Waals surface area (Å²) in [6.45, 7) is 0. The molecule has 0 N–H and O–H groups in total. The van der Waals surface area contributed by atoms with E-state index in [1.54, 1.807) is 0 Å². The first-order chi connectivity index (χ1) is 10.6. The van der Waals surface area contributed by atoms with Crippen LogP contribution in [0.1, 0.15) is 24.0 Å². The lowest BCUT2D eigenvalue weighted by Gasteiger charge is -2.17. The molecule has 2 aliphatic rings. The molecule has 0 aliphatic heterocycles. The second-order valence-electron chi connectivity index (χ2n) is 5.48. The van der Waals surface area contributed by atoms with E-state index >= 15 is 0 Å².